The third-order valence-corrected chi connectivity index (χ3v) is 4.13. The van der Waals surface area contributed by atoms with Gasteiger partial charge in [-0.1, -0.05) is 13.3 Å². The summed E-state index contributed by atoms with van der Waals surface area (Å²) in [6.07, 6.45) is 2.95. The number of nitrogens with one attached hydrogen (secondary N) is 2. The van der Waals surface area contributed by atoms with Crippen LogP contribution in [0.2, 0.25) is 0 Å². The lowest BCUT2D eigenvalue weighted by Crippen LogP contribution is -2.25. The lowest BCUT2D eigenvalue weighted by atomic mass is 10.1. The Balaban J connectivity index is 1.97. The molecule has 1 aromatic heterocycles. The molecule has 0 aliphatic rings. The van der Waals surface area contributed by atoms with Crippen LogP contribution in [0.25, 0.3) is 10.9 Å². The van der Waals surface area contributed by atoms with Gasteiger partial charge in [-0.2, -0.15) is 0 Å². The van der Waals surface area contributed by atoms with Crippen molar-refractivity contribution in [1.82, 2.24) is 14.9 Å². The summed E-state index contributed by atoms with van der Waals surface area (Å²) in [5.74, 6) is -0.176. The number of amides is 1. The van der Waals surface area contributed by atoms with Crippen LogP contribution in [0.15, 0.2) is 23.0 Å². The zero-order valence-corrected chi connectivity index (χ0v) is 14.9. The van der Waals surface area contributed by atoms with Gasteiger partial charge in [0.25, 0.3) is 11.5 Å². The lowest BCUT2D eigenvalue weighted by molar-refractivity contribution is 0.0940. The topological polar surface area (TPSA) is 76.1 Å². The normalized spacial score (nSPS) is 10.9. The maximum Gasteiger partial charge on any atom is 0.261 e. The largest absolute Gasteiger partial charge is 0.381 e. The molecular formula is C17H23N3O3S. The lowest BCUT2D eigenvalue weighted by Gasteiger charge is -2.08. The van der Waals surface area contributed by atoms with Crippen molar-refractivity contribution in [3.63, 3.8) is 0 Å². The quantitative estimate of drug-likeness (QED) is 0.567. The number of hydrogen-bond acceptors (Lipinski definition) is 4. The maximum atomic E-state index is 12.2. The van der Waals surface area contributed by atoms with Crippen LogP contribution in [0.4, 0.5) is 0 Å². The summed E-state index contributed by atoms with van der Waals surface area (Å²) in [5.41, 5.74) is 0.886. The van der Waals surface area contributed by atoms with Gasteiger partial charge in [0.15, 0.2) is 4.77 Å². The summed E-state index contributed by atoms with van der Waals surface area (Å²) in [4.78, 5) is 27.3. The van der Waals surface area contributed by atoms with E-state index >= 15 is 0 Å². The number of aromatic amines is 1. The Bertz CT molecular complexity index is 826. The predicted molar refractivity (Wildman–Crippen MR) is 97.1 cm³/mol. The van der Waals surface area contributed by atoms with E-state index < -0.39 is 0 Å². The van der Waals surface area contributed by atoms with E-state index in [-0.39, 0.29) is 11.5 Å². The van der Waals surface area contributed by atoms with Gasteiger partial charge in [0, 0.05) is 32.4 Å². The Kier molecular flexibility index (Phi) is 6.69. The van der Waals surface area contributed by atoms with Gasteiger partial charge in [0.2, 0.25) is 0 Å². The smallest absolute Gasteiger partial charge is 0.261 e. The molecule has 0 saturated heterocycles. The van der Waals surface area contributed by atoms with Crippen LogP contribution in [-0.4, -0.2) is 35.2 Å². The molecule has 130 valence electrons. The van der Waals surface area contributed by atoms with Gasteiger partial charge in [-0.05, 0) is 43.3 Å². The molecule has 0 radical (unpaired) electrons. The molecule has 0 aliphatic carbocycles. The van der Waals surface area contributed by atoms with E-state index in [2.05, 4.69) is 17.2 Å². The fourth-order valence-corrected chi connectivity index (χ4v) is 2.47. The summed E-state index contributed by atoms with van der Waals surface area (Å²) >= 11 is 5.10. The number of carbonyl (C=O) groups excluding carboxylic acids is 1. The van der Waals surface area contributed by atoms with Crippen molar-refractivity contribution >= 4 is 29.0 Å². The zero-order chi connectivity index (χ0) is 17.5. The SMILES string of the molecule is CCCCOCCCNC(=O)c1ccc2c(=O)n(C)c(=S)[nH]c2c1. The minimum Gasteiger partial charge on any atom is -0.381 e. The number of carbonyl (C=O) groups is 1. The van der Waals surface area contributed by atoms with Crippen LogP contribution >= 0.6 is 12.2 Å². The van der Waals surface area contributed by atoms with E-state index in [0.29, 0.717) is 34.4 Å². The third kappa shape index (κ3) is 4.52. The molecule has 1 heterocycles. The Morgan fingerprint density at radius 1 is 1.33 bits per heavy atom. The number of benzene rings is 1. The highest BCUT2D eigenvalue weighted by molar-refractivity contribution is 7.71. The molecule has 0 unspecified atom stereocenters. The number of hydrogen-bond donors (Lipinski definition) is 2. The van der Waals surface area contributed by atoms with Crippen LogP contribution in [0.5, 0.6) is 0 Å². The molecule has 0 bridgehead atoms. The molecule has 0 saturated carbocycles. The van der Waals surface area contributed by atoms with Crippen molar-refractivity contribution < 1.29 is 9.53 Å². The second-order valence-corrected chi connectivity index (χ2v) is 6.02. The molecule has 2 N–H and O–H groups in total. The van der Waals surface area contributed by atoms with E-state index in [4.69, 9.17) is 17.0 Å². The van der Waals surface area contributed by atoms with Crippen molar-refractivity contribution in [2.75, 3.05) is 19.8 Å². The first-order valence-corrected chi connectivity index (χ1v) is 8.54. The van der Waals surface area contributed by atoms with Crippen molar-refractivity contribution in [3.05, 3.63) is 38.9 Å². The monoisotopic (exact) mass is 349 g/mol. The van der Waals surface area contributed by atoms with Gasteiger partial charge < -0.3 is 15.0 Å². The van der Waals surface area contributed by atoms with Gasteiger partial charge in [-0.3, -0.25) is 14.2 Å². The molecule has 1 aromatic carbocycles. The average molecular weight is 349 g/mol. The second-order valence-electron chi connectivity index (χ2n) is 5.63. The Hall–Kier alpha value is -1.99. The maximum absolute atomic E-state index is 12.2. The van der Waals surface area contributed by atoms with Gasteiger partial charge >= 0.3 is 0 Å². The Morgan fingerprint density at radius 2 is 2.08 bits per heavy atom. The molecule has 7 heteroatoms. The van der Waals surface area contributed by atoms with Crippen LogP contribution in [-0.2, 0) is 11.8 Å². The fraction of sp³-hybridized carbons (Fsp3) is 0.471. The van der Waals surface area contributed by atoms with E-state index in [1.54, 1.807) is 25.2 Å². The first kappa shape index (κ1) is 18.4. The number of ether oxygens (including phenoxy) is 1. The highest BCUT2D eigenvalue weighted by Crippen LogP contribution is 2.10. The molecular weight excluding hydrogens is 326 g/mol. The van der Waals surface area contributed by atoms with E-state index in [1.807, 2.05) is 0 Å². The molecule has 0 fully saturated rings. The van der Waals surface area contributed by atoms with Gasteiger partial charge in [0.1, 0.15) is 0 Å². The summed E-state index contributed by atoms with van der Waals surface area (Å²) in [7, 11) is 1.61. The number of fused-ring (bicyclic) bond motifs is 1. The van der Waals surface area contributed by atoms with Crippen LogP contribution in [0, 0.1) is 4.77 Å². The highest BCUT2D eigenvalue weighted by Gasteiger charge is 2.08. The van der Waals surface area contributed by atoms with Gasteiger partial charge in [-0.25, -0.2) is 0 Å². The first-order valence-electron chi connectivity index (χ1n) is 8.13. The predicted octanol–water partition coefficient (Wildman–Crippen LogP) is 2.53. The zero-order valence-electron chi connectivity index (χ0n) is 14.1. The molecule has 24 heavy (non-hydrogen) atoms. The standard InChI is InChI=1S/C17H23N3O3S/c1-3-4-9-23-10-5-8-18-15(21)12-6-7-13-14(11-12)19-17(24)20(2)16(13)22/h6-7,11H,3-5,8-10H2,1-2H3,(H,18,21)(H,19,24). The fourth-order valence-electron chi connectivity index (χ4n) is 2.27. The van der Waals surface area contributed by atoms with Gasteiger partial charge in [0.05, 0.1) is 10.9 Å². The summed E-state index contributed by atoms with van der Waals surface area (Å²) in [5, 5.41) is 3.36. The van der Waals surface area contributed by atoms with Gasteiger partial charge in [-0.15, -0.1) is 0 Å². The number of aromatic nitrogens is 2. The summed E-state index contributed by atoms with van der Waals surface area (Å²) < 4.78 is 7.15. The van der Waals surface area contributed by atoms with Crippen LogP contribution in [0.3, 0.4) is 0 Å². The van der Waals surface area contributed by atoms with Crippen LogP contribution in [0.1, 0.15) is 36.5 Å². The molecule has 6 nitrogen and oxygen atoms in total. The summed E-state index contributed by atoms with van der Waals surface area (Å²) in [6, 6.07) is 4.94. The number of nitrogens with zero attached hydrogens (tertiary/aromatic N) is 1. The Morgan fingerprint density at radius 3 is 2.83 bits per heavy atom. The molecule has 0 aliphatic heterocycles. The van der Waals surface area contributed by atoms with Crippen molar-refractivity contribution in [1.29, 1.82) is 0 Å². The van der Waals surface area contributed by atoms with Crippen molar-refractivity contribution in [3.8, 4) is 0 Å². The Labute approximate surface area is 145 Å². The summed E-state index contributed by atoms with van der Waals surface area (Å²) in [6.45, 7) is 4.08. The van der Waals surface area contributed by atoms with E-state index in [1.165, 1.54) is 4.57 Å². The molecule has 0 atom stereocenters. The minimum atomic E-state index is -0.176. The third-order valence-electron chi connectivity index (χ3n) is 3.76. The average Bonchev–Trinajstić information content (AvgIpc) is 2.58. The van der Waals surface area contributed by atoms with Crippen LogP contribution < -0.4 is 10.9 Å². The van der Waals surface area contributed by atoms with E-state index in [0.717, 1.165) is 25.9 Å². The first-order chi connectivity index (χ1) is 11.5. The molecule has 2 aromatic rings. The molecule has 1 amide bonds. The number of rotatable bonds is 8. The number of unbranched alkanes of at least 4 members (excludes halogenated alkanes) is 1. The van der Waals surface area contributed by atoms with Crippen molar-refractivity contribution in [2.24, 2.45) is 7.05 Å². The van der Waals surface area contributed by atoms with Crippen molar-refractivity contribution in [2.45, 2.75) is 26.2 Å². The molecule has 0 spiro atoms. The molecule has 2 rings (SSSR count). The number of H-pyrrole nitrogens is 1. The minimum absolute atomic E-state index is 0.176. The van der Waals surface area contributed by atoms with E-state index in [9.17, 15) is 9.59 Å². The highest BCUT2D eigenvalue weighted by atomic mass is 32.1. The second kappa shape index (κ2) is 8.75.